The number of benzene rings is 3. The van der Waals surface area contributed by atoms with Crippen LogP contribution < -0.4 is 15.9 Å². The van der Waals surface area contributed by atoms with E-state index in [9.17, 15) is 0 Å². The zero-order valence-electron chi connectivity index (χ0n) is 22.1. The summed E-state index contributed by atoms with van der Waals surface area (Å²) in [5.74, 6) is 0. The van der Waals surface area contributed by atoms with Crippen LogP contribution in [0.4, 0.5) is 0 Å². The fourth-order valence-electron chi connectivity index (χ4n) is 4.19. The molecule has 4 rings (SSSR count). The minimum absolute atomic E-state index is 0. The average Bonchev–Trinajstić information content (AvgIpc) is 3.43. The van der Waals surface area contributed by atoms with Gasteiger partial charge in [-0.15, -0.1) is 0 Å². The Kier molecular flexibility index (Phi) is 12.9. The van der Waals surface area contributed by atoms with E-state index < -0.39 is 7.05 Å². The molecule has 1 aliphatic carbocycles. The molecule has 0 heterocycles. The van der Waals surface area contributed by atoms with Gasteiger partial charge in [0.05, 0.1) is 7.05 Å². The van der Waals surface area contributed by atoms with Crippen LogP contribution in [0.3, 0.4) is 0 Å². The number of hydrogen-bond donors (Lipinski definition) is 0. The first-order valence-corrected chi connectivity index (χ1v) is 14.3. The molecule has 36 heavy (non-hydrogen) atoms. The summed E-state index contributed by atoms with van der Waals surface area (Å²) in [5, 5.41) is 3.88. The van der Waals surface area contributed by atoms with Gasteiger partial charge in [-0.3, -0.25) is 4.74 Å². The summed E-state index contributed by atoms with van der Waals surface area (Å²) in [6.07, 6.45) is 14.1. The van der Waals surface area contributed by atoms with Crippen LogP contribution in [0.5, 0.6) is 0 Å². The molecule has 0 fully saturated rings. The van der Waals surface area contributed by atoms with Gasteiger partial charge in [-0.1, -0.05) is 140 Å². The van der Waals surface area contributed by atoms with Gasteiger partial charge in [0.15, 0.2) is 0 Å². The van der Waals surface area contributed by atoms with Gasteiger partial charge in [-0.25, -0.2) is 0 Å². The van der Waals surface area contributed by atoms with Gasteiger partial charge in [0.2, 0.25) is 0 Å². The molecule has 3 heteroatoms. The molecule has 0 bridgehead atoms. The average molecular weight is 528 g/mol. The Morgan fingerprint density at radius 3 is 1.39 bits per heavy atom. The zero-order chi connectivity index (χ0) is 24.9. The normalized spacial score (nSPS) is 13.3. The van der Waals surface area contributed by atoms with Crippen LogP contribution >= 0.6 is 7.05 Å². The van der Waals surface area contributed by atoms with E-state index in [0.29, 0.717) is 0 Å². The first-order valence-electron chi connectivity index (χ1n) is 12.6. The predicted molar refractivity (Wildman–Crippen MR) is 158 cm³/mol. The zero-order valence-corrected chi connectivity index (χ0v) is 24.5. The maximum absolute atomic E-state index is 5.43. The fraction of sp³-hybridized carbons (Fsp3) is 0.212. The number of allylic oxidation sites excluding steroid dienone is 7. The quantitative estimate of drug-likeness (QED) is 0.166. The van der Waals surface area contributed by atoms with Gasteiger partial charge >= 0.3 is 0 Å². The SMILES string of the molecule is C1=CCC(N=P(c2ccccc2)(c2ccccc2)c2ccccc2)=C1.CCC=C(C)C(C)=CCC.[Ti]. The van der Waals surface area contributed by atoms with Gasteiger partial charge in [-0.05, 0) is 32.8 Å². The predicted octanol–water partition coefficient (Wildman–Crippen LogP) is 8.70. The van der Waals surface area contributed by atoms with E-state index >= 15 is 0 Å². The molecule has 0 amide bonds. The molecule has 0 saturated heterocycles. The topological polar surface area (TPSA) is 12.4 Å². The summed E-state index contributed by atoms with van der Waals surface area (Å²) < 4.78 is 5.43. The van der Waals surface area contributed by atoms with Crippen LogP contribution in [0.15, 0.2) is 143 Å². The molecule has 0 N–H and O–H groups in total. The molecule has 1 nitrogen and oxygen atoms in total. The van der Waals surface area contributed by atoms with Gasteiger partial charge < -0.3 is 0 Å². The Morgan fingerprint density at radius 2 is 1.08 bits per heavy atom. The van der Waals surface area contributed by atoms with Crippen molar-refractivity contribution in [3.8, 4) is 0 Å². The Balaban J connectivity index is 0.000000357. The summed E-state index contributed by atoms with van der Waals surface area (Å²) >= 11 is 0. The summed E-state index contributed by atoms with van der Waals surface area (Å²) in [6, 6.07) is 32.3. The molecule has 0 radical (unpaired) electrons. The molecule has 0 aromatic heterocycles. The van der Waals surface area contributed by atoms with Crippen molar-refractivity contribution in [1.29, 1.82) is 0 Å². The fourth-order valence-corrected chi connectivity index (χ4v) is 7.77. The molecule has 0 aliphatic heterocycles. The molecule has 0 saturated carbocycles. The first kappa shape index (κ1) is 29.8. The van der Waals surface area contributed by atoms with Crippen molar-refractivity contribution in [2.24, 2.45) is 4.74 Å². The van der Waals surface area contributed by atoms with E-state index in [1.807, 2.05) is 0 Å². The maximum Gasteiger partial charge on any atom is 0.0608 e. The maximum atomic E-state index is 5.43. The molecule has 3 aromatic rings. The first-order chi connectivity index (χ1) is 17.1. The second-order valence-corrected chi connectivity index (χ2v) is 11.6. The van der Waals surface area contributed by atoms with Crippen molar-refractivity contribution in [2.45, 2.75) is 47.0 Å². The summed E-state index contributed by atoms with van der Waals surface area (Å²) in [5.41, 5.74) is 4.00. The Labute approximate surface area is 233 Å². The van der Waals surface area contributed by atoms with E-state index in [0.717, 1.165) is 25.0 Å². The second-order valence-electron chi connectivity index (χ2n) is 8.62. The van der Waals surface area contributed by atoms with Crippen molar-refractivity contribution in [3.05, 3.63) is 138 Å². The summed E-state index contributed by atoms with van der Waals surface area (Å²) in [4.78, 5) is 0. The van der Waals surface area contributed by atoms with Crippen LogP contribution in [-0.4, -0.2) is 0 Å². The van der Waals surface area contributed by atoms with Gasteiger partial charge in [0.25, 0.3) is 0 Å². The Morgan fingerprint density at radius 1 is 0.694 bits per heavy atom. The summed E-state index contributed by atoms with van der Waals surface area (Å²) in [7, 11) is -2.09. The van der Waals surface area contributed by atoms with Crippen molar-refractivity contribution in [3.63, 3.8) is 0 Å². The third-order valence-corrected chi connectivity index (χ3v) is 9.76. The van der Waals surface area contributed by atoms with Crippen molar-refractivity contribution in [2.75, 3.05) is 0 Å². The summed E-state index contributed by atoms with van der Waals surface area (Å²) in [6.45, 7) is 8.68. The minimum Gasteiger partial charge on any atom is -0.258 e. The smallest absolute Gasteiger partial charge is 0.0608 e. The van der Waals surface area contributed by atoms with Gasteiger partial charge in [-0.2, -0.15) is 0 Å². The van der Waals surface area contributed by atoms with Crippen molar-refractivity contribution in [1.82, 2.24) is 0 Å². The van der Waals surface area contributed by atoms with Gasteiger partial charge in [0, 0.05) is 49.7 Å². The van der Waals surface area contributed by atoms with Crippen LogP contribution in [0.25, 0.3) is 0 Å². The third-order valence-electron chi connectivity index (χ3n) is 6.06. The van der Waals surface area contributed by atoms with E-state index in [2.05, 4.69) is 149 Å². The largest absolute Gasteiger partial charge is 0.258 e. The number of rotatable bonds is 7. The monoisotopic (exact) mass is 527 g/mol. The Hall–Kier alpha value is -2.44. The van der Waals surface area contributed by atoms with E-state index in [4.69, 9.17) is 4.74 Å². The van der Waals surface area contributed by atoms with E-state index in [1.54, 1.807) is 0 Å². The van der Waals surface area contributed by atoms with Crippen LogP contribution in [0.2, 0.25) is 0 Å². The standard InChI is InChI=1S/C23H20NP.C10H18.Ti/c1-4-14-21(15-5-1)25(22-16-6-2-7-17-22,23-18-8-3-9-19-23)24-20-12-10-11-13-20;1-5-7-9(3)10(4)8-6-2;/h1-12,14-19H,13H2;7-8H,5-6H2,1-4H3;. The molecular weight excluding hydrogens is 489 g/mol. The van der Waals surface area contributed by atoms with Crippen molar-refractivity contribution < 1.29 is 21.7 Å². The van der Waals surface area contributed by atoms with Crippen LogP contribution in [-0.2, 0) is 21.7 Å². The van der Waals surface area contributed by atoms with Crippen molar-refractivity contribution >= 4 is 23.0 Å². The molecule has 1 aliphatic rings. The third kappa shape index (κ3) is 7.78. The second kappa shape index (κ2) is 15.6. The molecule has 3 aromatic carbocycles. The van der Waals surface area contributed by atoms with Crippen LogP contribution in [0.1, 0.15) is 47.0 Å². The molecule has 0 spiro atoms. The minimum atomic E-state index is -2.09. The Bertz CT molecular complexity index is 1120. The molecule has 0 unspecified atom stereocenters. The number of hydrogen-bond acceptors (Lipinski definition) is 1. The number of nitrogens with zero attached hydrogens (tertiary/aromatic N) is 1. The molecular formula is C33H38NPTi. The molecule has 184 valence electrons. The van der Waals surface area contributed by atoms with Crippen LogP contribution in [0, 0.1) is 0 Å². The van der Waals surface area contributed by atoms with E-state index in [-0.39, 0.29) is 21.7 Å². The molecule has 0 atom stereocenters. The van der Waals surface area contributed by atoms with Gasteiger partial charge in [0.1, 0.15) is 0 Å². The van der Waals surface area contributed by atoms with E-state index in [1.165, 1.54) is 27.1 Å².